The van der Waals surface area contributed by atoms with Crippen molar-refractivity contribution < 1.29 is 4.79 Å². The van der Waals surface area contributed by atoms with Crippen molar-refractivity contribution in [2.24, 2.45) is 0 Å². The molecule has 1 unspecified atom stereocenters. The van der Waals surface area contributed by atoms with E-state index in [1.54, 1.807) is 18.0 Å². The molecule has 1 heterocycles. The zero-order chi connectivity index (χ0) is 15.5. The van der Waals surface area contributed by atoms with Gasteiger partial charge in [-0.05, 0) is 36.5 Å². The lowest BCUT2D eigenvalue weighted by molar-refractivity contribution is 0.0970. The number of aryl methyl sites for hydroxylation is 1. The number of hydrogen-bond acceptors (Lipinski definition) is 4. The first-order chi connectivity index (χ1) is 10.6. The Bertz CT molecular complexity index is 705. The molecule has 114 valence electrons. The molecule has 0 radical (unpaired) electrons. The van der Waals surface area contributed by atoms with Crippen LogP contribution in [-0.2, 0) is 6.42 Å². The average molecular weight is 333 g/mol. The van der Waals surface area contributed by atoms with Crippen LogP contribution in [0.25, 0.3) is 0 Å². The van der Waals surface area contributed by atoms with Crippen LogP contribution in [0.4, 0.5) is 0 Å². The highest BCUT2D eigenvalue weighted by Gasteiger charge is 2.19. The van der Waals surface area contributed by atoms with Crippen molar-refractivity contribution in [3.05, 3.63) is 52.3 Å². The number of ketones is 1. The molecule has 22 heavy (non-hydrogen) atoms. The molecule has 0 N–H and O–H groups in total. The van der Waals surface area contributed by atoms with E-state index in [2.05, 4.69) is 23.0 Å². The van der Waals surface area contributed by atoms with Gasteiger partial charge in [-0.3, -0.25) is 4.79 Å². The Balaban J connectivity index is 1.68. The second-order valence-electron chi connectivity index (χ2n) is 5.56. The van der Waals surface area contributed by atoms with Gasteiger partial charge >= 0.3 is 0 Å². The van der Waals surface area contributed by atoms with Crippen LogP contribution in [0.1, 0.15) is 47.3 Å². The molecule has 1 atom stereocenters. The summed E-state index contributed by atoms with van der Waals surface area (Å²) in [6.45, 7) is 2.17. The number of halogens is 1. The fourth-order valence-electron chi connectivity index (χ4n) is 2.55. The largest absolute Gasteiger partial charge is 0.294 e. The van der Waals surface area contributed by atoms with Crippen molar-refractivity contribution in [2.45, 2.75) is 37.3 Å². The Morgan fingerprint density at radius 3 is 3.05 bits per heavy atom. The predicted molar refractivity (Wildman–Crippen MR) is 89.9 cm³/mol. The summed E-state index contributed by atoms with van der Waals surface area (Å²) in [5, 5.41) is 1.51. The van der Waals surface area contributed by atoms with Gasteiger partial charge in [-0.1, -0.05) is 42.4 Å². The van der Waals surface area contributed by atoms with E-state index in [1.807, 2.05) is 18.2 Å². The summed E-state index contributed by atoms with van der Waals surface area (Å²) >= 11 is 7.66. The summed E-state index contributed by atoms with van der Waals surface area (Å²) in [6.07, 6.45) is 4.08. The first-order valence-corrected chi connectivity index (χ1v) is 8.77. The molecule has 0 bridgehead atoms. The van der Waals surface area contributed by atoms with Crippen LogP contribution < -0.4 is 0 Å². The fourth-order valence-corrected chi connectivity index (χ4v) is 3.64. The van der Waals surface area contributed by atoms with Crippen molar-refractivity contribution in [1.29, 1.82) is 0 Å². The van der Waals surface area contributed by atoms with Crippen molar-refractivity contribution in [2.75, 3.05) is 5.75 Å². The van der Waals surface area contributed by atoms with E-state index < -0.39 is 0 Å². The van der Waals surface area contributed by atoms with Gasteiger partial charge in [0.2, 0.25) is 0 Å². The van der Waals surface area contributed by atoms with E-state index >= 15 is 0 Å². The highest BCUT2D eigenvalue weighted by molar-refractivity contribution is 7.99. The lowest BCUT2D eigenvalue weighted by Gasteiger charge is -2.15. The molecule has 1 aliphatic rings. The van der Waals surface area contributed by atoms with Crippen molar-refractivity contribution in [3.8, 4) is 0 Å². The van der Waals surface area contributed by atoms with Gasteiger partial charge < -0.3 is 0 Å². The van der Waals surface area contributed by atoms with E-state index in [-0.39, 0.29) is 5.78 Å². The maximum absolute atomic E-state index is 11.8. The van der Waals surface area contributed by atoms with Gasteiger partial charge in [0, 0.05) is 23.4 Å². The molecule has 1 aromatic carbocycles. The smallest absolute Gasteiger partial charge is 0.187 e. The van der Waals surface area contributed by atoms with Crippen LogP contribution in [0.3, 0.4) is 0 Å². The normalized spacial score (nSPS) is 15.5. The van der Waals surface area contributed by atoms with E-state index in [1.165, 1.54) is 5.56 Å². The van der Waals surface area contributed by atoms with Gasteiger partial charge in [-0.25, -0.2) is 9.97 Å². The molecular formula is C17H17ClN2OS. The number of carbonyl (C=O) groups is 1. The quantitative estimate of drug-likeness (QED) is 0.608. The Kier molecular flexibility index (Phi) is 4.79. The number of thioether (sulfide) groups is 1. The minimum Gasteiger partial charge on any atom is -0.294 e. The fraction of sp³-hybridized carbons (Fsp3) is 0.353. The first-order valence-electron chi connectivity index (χ1n) is 7.41. The third-order valence-electron chi connectivity index (χ3n) is 3.84. The monoisotopic (exact) mass is 332 g/mol. The third kappa shape index (κ3) is 3.50. The summed E-state index contributed by atoms with van der Waals surface area (Å²) in [5.74, 6) is 1.42. The van der Waals surface area contributed by atoms with Crippen LogP contribution in [0.5, 0.6) is 0 Å². The van der Waals surface area contributed by atoms with Crippen LogP contribution in [-0.4, -0.2) is 21.5 Å². The third-order valence-corrected chi connectivity index (χ3v) is 5.20. The van der Waals surface area contributed by atoms with Crippen LogP contribution in [0, 0.1) is 0 Å². The molecule has 1 aliphatic carbocycles. The Morgan fingerprint density at radius 2 is 2.23 bits per heavy atom. The van der Waals surface area contributed by atoms with Crippen LogP contribution in [0.2, 0.25) is 5.02 Å². The highest BCUT2D eigenvalue weighted by atomic mass is 35.5. The van der Waals surface area contributed by atoms with Gasteiger partial charge in [0.25, 0.3) is 0 Å². The molecule has 1 aromatic heterocycles. The molecular weight excluding hydrogens is 316 g/mol. The van der Waals surface area contributed by atoms with Gasteiger partial charge in [0.05, 0.1) is 11.3 Å². The minimum absolute atomic E-state index is 0.171. The van der Waals surface area contributed by atoms with E-state index in [0.29, 0.717) is 17.9 Å². The number of benzene rings is 1. The number of carbonyl (C=O) groups excluding carboxylic acids is 1. The van der Waals surface area contributed by atoms with E-state index in [9.17, 15) is 4.79 Å². The summed E-state index contributed by atoms with van der Waals surface area (Å²) in [6, 6.07) is 7.94. The molecule has 2 aromatic rings. The SMILES string of the molecule is CC(CSc1ncc2c(n1)CCCC2=O)c1cccc(Cl)c1. The summed E-state index contributed by atoms with van der Waals surface area (Å²) in [7, 11) is 0. The zero-order valence-electron chi connectivity index (χ0n) is 12.4. The standard InChI is InChI=1S/C17H17ClN2OS/c1-11(12-4-2-5-13(18)8-12)10-22-17-19-9-14-15(20-17)6-3-7-16(14)21/h2,4-5,8-9,11H,3,6-7,10H2,1H3. The first kappa shape index (κ1) is 15.5. The Morgan fingerprint density at radius 1 is 1.36 bits per heavy atom. The summed E-state index contributed by atoms with van der Waals surface area (Å²) < 4.78 is 0. The number of fused-ring (bicyclic) bond motifs is 1. The maximum atomic E-state index is 11.8. The topological polar surface area (TPSA) is 42.9 Å². The number of aromatic nitrogens is 2. The second kappa shape index (κ2) is 6.80. The zero-order valence-corrected chi connectivity index (χ0v) is 14.0. The molecule has 0 amide bonds. The minimum atomic E-state index is 0.171. The van der Waals surface area contributed by atoms with E-state index in [0.717, 1.165) is 34.5 Å². The predicted octanol–water partition coefficient (Wildman–Crippen LogP) is 4.54. The van der Waals surface area contributed by atoms with Gasteiger partial charge in [-0.2, -0.15) is 0 Å². The average Bonchev–Trinajstić information content (AvgIpc) is 2.53. The lowest BCUT2D eigenvalue weighted by atomic mass is 9.96. The summed E-state index contributed by atoms with van der Waals surface area (Å²) in [4.78, 5) is 20.7. The summed E-state index contributed by atoms with van der Waals surface area (Å²) in [5.41, 5.74) is 2.83. The number of rotatable bonds is 4. The lowest BCUT2D eigenvalue weighted by Crippen LogP contribution is -2.13. The maximum Gasteiger partial charge on any atom is 0.187 e. The number of hydrogen-bond donors (Lipinski definition) is 0. The molecule has 0 fully saturated rings. The molecule has 0 aliphatic heterocycles. The Labute approximate surface area is 139 Å². The van der Waals surface area contributed by atoms with Gasteiger partial charge in [-0.15, -0.1) is 0 Å². The molecule has 0 saturated heterocycles. The van der Waals surface area contributed by atoms with Crippen molar-refractivity contribution >= 4 is 29.1 Å². The Hall–Kier alpha value is -1.39. The molecule has 0 saturated carbocycles. The molecule has 0 spiro atoms. The van der Waals surface area contributed by atoms with Crippen molar-refractivity contribution in [1.82, 2.24) is 9.97 Å². The number of nitrogens with zero attached hydrogens (tertiary/aromatic N) is 2. The molecule has 3 nitrogen and oxygen atoms in total. The molecule has 5 heteroatoms. The van der Waals surface area contributed by atoms with Gasteiger partial charge in [0.1, 0.15) is 0 Å². The van der Waals surface area contributed by atoms with Crippen molar-refractivity contribution in [3.63, 3.8) is 0 Å². The second-order valence-corrected chi connectivity index (χ2v) is 6.98. The molecule has 3 rings (SSSR count). The van der Waals surface area contributed by atoms with E-state index in [4.69, 9.17) is 11.6 Å². The van der Waals surface area contributed by atoms with Gasteiger partial charge in [0.15, 0.2) is 10.9 Å². The highest BCUT2D eigenvalue weighted by Crippen LogP contribution is 2.27. The van der Waals surface area contributed by atoms with Crippen LogP contribution in [0.15, 0.2) is 35.6 Å². The number of Topliss-reactive ketones (excluding diaryl/α,β-unsaturated/α-hetero) is 1. The van der Waals surface area contributed by atoms with Crippen LogP contribution >= 0.6 is 23.4 Å².